The lowest BCUT2D eigenvalue weighted by atomic mass is 10.2. The number of methoxy groups -OCH3 is 1. The fraction of sp³-hybridized carbons (Fsp3) is 0.438. The van der Waals surface area contributed by atoms with Crippen molar-refractivity contribution in [2.45, 2.75) is 19.9 Å². The Morgan fingerprint density at radius 2 is 1.87 bits per heavy atom. The Kier molecular flexibility index (Phi) is 5.20. The van der Waals surface area contributed by atoms with Crippen molar-refractivity contribution in [1.29, 1.82) is 0 Å². The minimum atomic E-state index is -0.735. The molecule has 0 aromatic heterocycles. The number of rotatable bonds is 3. The molecule has 3 amide bonds. The molecule has 124 valence electrons. The van der Waals surface area contributed by atoms with E-state index < -0.39 is 12.1 Å². The predicted octanol–water partition coefficient (Wildman–Crippen LogP) is 0.915. The Bertz CT molecular complexity index is 600. The fourth-order valence-electron chi connectivity index (χ4n) is 2.43. The van der Waals surface area contributed by atoms with Crippen molar-refractivity contribution in [2.75, 3.05) is 31.6 Å². The van der Waals surface area contributed by atoms with Gasteiger partial charge in [0.1, 0.15) is 12.6 Å². The van der Waals surface area contributed by atoms with Gasteiger partial charge in [0.25, 0.3) is 0 Å². The number of hydrogen-bond donors (Lipinski definition) is 1. The number of benzene rings is 1. The van der Waals surface area contributed by atoms with Crippen LogP contribution in [0.3, 0.4) is 0 Å². The SMILES string of the molecule is COC(=O)N[C@@H](C)C(=O)N1CCN(c2ccc(C)cc2)C(=O)C1. The maximum absolute atomic E-state index is 12.3. The van der Waals surface area contributed by atoms with E-state index in [0.717, 1.165) is 11.3 Å². The van der Waals surface area contributed by atoms with Crippen molar-refractivity contribution < 1.29 is 19.1 Å². The lowest BCUT2D eigenvalue weighted by molar-refractivity contribution is -0.138. The topological polar surface area (TPSA) is 79.0 Å². The largest absolute Gasteiger partial charge is 0.453 e. The third kappa shape index (κ3) is 4.00. The van der Waals surface area contributed by atoms with E-state index >= 15 is 0 Å². The zero-order valence-electron chi connectivity index (χ0n) is 13.5. The van der Waals surface area contributed by atoms with E-state index in [4.69, 9.17) is 0 Å². The molecule has 0 aliphatic carbocycles. The van der Waals surface area contributed by atoms with Gasteiger partial charge in [-0.1, -0.05) is 17.7 Å². The van der Waals surface area contributed by atoms with Gasteiger partial charge in [-0.15, -0.1) is 0 Å². The zero-order chi connectivity index (χ0) is 17.0. The molecule has 0 spiro atoms. The highest BCUT2D eigenvalue weighted by molar-refractivity contribution is 5.98. The van der Waals surface area contributed by atoms with Gasteiger partial charge in [-0.3, -0.25) is 9.59 Å². The average Bonchev–Trinajstić information content (AvgIpc) is 2.54. The van der Waals surface area contributed by atoms with Crippen molar-refractivity contribution >= 4 is 23.6 Å². The first-order valence-corrected chi connectivity index (χ1v) is 7.42. The van der Waals surface area contributed by atoms with E-state index in [-0.39, 0.29) is 18.4 Å². The standard InChI is InChI=1S/C16H21N3O4/c1-11-4-6-13(7-5-11)19-9-8-18(10-14(19)20)15(21)12(2)17-16(22)23-3/h4-7,12H,8-10H2,1-3H3,(H,17,22)/t12-/m0/s1. The highest BCUT2D eigenvalue weighted by atomic mass is 16.5. The van der Waals surface area contributed by atoms with E-state index in [1.54, 1.807) is 11.8 Å². The van der Waals surface area contributed by atoms with Crippen LogP contribution in [0.1, 0.15) is 12.5 Å². The Hall–Kier alpha value is -2.57. The molecular formula is C16H21N3O4. The number of alkyl carbamates (subject to hydrolysis) is 1. The Morgan fingerprint density at radius 3 is 2.43 bits per heavy atom. The van der Waals surface area contributed by atoms with Crippen molar-refractivity contribution in [3.63, 3.8) is 0 Å². The molecule has 1 fully saturated rings. The molecule has 1 heterocycles. The van der Waals surface area contributed by atoms with Gasteiger partial charge in [-0.25, -0.2) is 4.79 Å². The molecule has 1 N–H and O–H groups in total. The summed E-state index contributed by atoms with van der Waals surface area (Å²) < 4.78 is 4.47. The molecule has 0 unspecified atom stereocenters. The molecule has 7 nitrogen and oxygen atoms in total. The van der Waals surface area contributed by atoms with Crippen LogP contribution in [0.5, 0.6) is 0 Å². The molecule has 2 rings (SSSR count). The third-order valence-corrected chi connectivity index (χ3v) is 3.77. The molecule has 1 aliphatic heterocycles. The van der Waals surface area contributed by atoms with Crippen molar-refractivity contribution in [1.82, 2.24) is 10.2 Å². The summed E-state index contributed by atoms with van der Waals surface area (Å²) in [5.74, 6) is -0.439. The summed E-state index contributed by atoms with van der Waals surface area (Å²) in [6.07, 6.45) is -0.671. The molecule has 7 heteroatoms. The quantitative estimate of drug-likeness (QED) is 0.898. The first-order chi connectivity index (χ1) is 10.9. The van der Waals surface area contributed by atoms with Crippen molar-refractivity contribution in [3.8, 4) is 0 Å². The second kappa shape index (κ2) is 7.13. The normalized spacial score (nSPS) is 16.0. The zero-order valence-corrected chi connectivity index (χ0v) is 13.5. The second-order valence-electron chi connectivity index (χ2n) is 5.50. The van der Waals surface area contributed by atoms with E-state index in [9.17, 15) is 14.4 Å². The van der Waals surface area contributed by atoms with Crippen LogP contribution in [0.15, 0.2) is 24.3 Å². The first-order valence-electron chi connectivity index (χ1n) is 7.42. The molecule has 1 aliphatic rings. The van der Waals surface area contributed by atoms with Crippen LogP contribution in [0.2, 0.25) is 0 Å². The van der Waals surface area contributed by atoms with Gasteiger partial charge in [0.05, 0.1) is 7.11 Å². The van der Waals surface area contributed by atoms with Crippen molar-refractivity contribution in [3.05, 3.63) is 29.8 Å². The summed E-state index contributed by atoms with van der Waals surface area (Å²) in [5, 5.41) is 2.41. The van der Waals surface area contributed by atoms with E-state index in [0.29, 0.717) is 13.1 Å². The fourth-order valence-corrected chi connectivity index (χ4v) is 2.43. The molecule has 1 aromatic carbocycles. The number of nitrogens with one attached hydrogen (secondary N) is 1. The summed E-state index contributed by atoms with van der Waals surface area (Å²) >= 11 is 0. The Balaban J connectivity index is 1.98. The van der Waals surface area contributed by atoms with Gasteiger partial charge >= 0.3 is 6.09 Å². The number of anilines is 1. The Morgan fingerprint density at radius 1 is 1.22 bits per heavy atom. The Labute approximate surface area is 135 Å². The molecule has 0 saturated carbocycles. The molecule has 23 heavy (non-hydrogen) atoms. The smallest absolute Gasteiger partial charge is 0.407 e. The molecular weight excluding hydrogens is 298 g/mol. The van der Waals surface area contributed by atoms with Gasteiger partial charge < -0.3 is 19.9 Å². The van der Waals surface area contributed by atoms with E-state index in [2.05, 4.69) is 10.1 Å². The minimum Gasteiger partial charge on any atom is -0.453 e. The number of piperazine rings is 1. The van der Waals surface area contributed by atoms with Crippen LogP contribution >= 0.6 is 0 Å². The summed E-state index contributed by atoms with van der Waals surface area (Å²) in [5.41, 5.74) is 1.95. The van der Waals surface area contributed by atoms with Crippen LogP contribution in [0, 0.1) is 6.92 Å². The minimum absolute atomic E-state index is 0.0000968. The van der Waals surface area contributed by atoms with Crippen LogP contribution in [-0.4, -0.2) is 55.6 Å². The first kappa shape index (κ1) is 16.8. The summed E-state index contributed by atoms with van der Waals surface area (Å²) in [7, 11) is 1.23. The van der Waals surface area contributed by atoms with Crippen LogP contribution < -0.4 is 10.2 Å². The molecule has 1 aromatic rings. The third-order valence-electron chi connectivity index (χ3n) is 3.77. The van der Waals surface area contributed by atoms with Gasteiger partial charge in [-0.2, -0.15) is 0 Å². The maximum atomic E-state index is 12.3. The number of ether oxygens (including phenoxy) is 1. The lowest BCUT2D eigenvalue weighted by Crippen LogP contribution is -2.56. The van der Waals surface area contributed by atoms with Gasteiger partial charge in [0.2, 0.25) is 11.8 Å². The second-order valence-corrected chi connectivity index (χ2v) is 5.50. The monoisotopic (exact) mass is 319 g/mol. The number of carbonyl (C=O) groups is 3. The lowest BCUT2D eigenvalue weighted by Gasteiger charge is -2.35. The number of hydrogen-bond acceptors (Lipinski definition) is 4. The number of aryl methyl sites for hydroxylation is 1. The summed E-state index contributed by atoms with van der Waals surface area (Å²) in [6, 6.07) is 6.95. The maximum Gasteiger partial charge on any atom is 0.407 e. The number of carbonyl (C=O) groups excluding carboxylic acids is 3. The number of nitrogens with zero attached hydrogens (tertiary/aromatic N) is 2. The highest BCUT2D eigenvalue weighted by Gasteiger charge is 2.30. The highest BCUT2D eigenvalue weighted by Crippen LogP contribution is 2.18. The van der Waals surface area contributed by atoms with E-state index in [1.165, 1.54) is 12.0 Å². The molecule has 0 radical (unpaired) electrons. The average molecular weight is 319 g/mol. The van der Waals surface area contributed by atoms with Crippen LogP contribution in [0.4, 0.5) is 10.5 Å². The summed E-state index contributed by atoms with van der Waals surface area (Å²) in [4.78, 5) is 38.9. The van der Waals surface area contributed by atoms with Crippen LogP contribution in [-0.2, 0) is 14.3 Å². The molecule has 1 saturated heterocycles. The van der Waals surface area contributed by atoms with Crippen LogP contribution in [0.25, 0.3) is 0 Å². The summed E-state index contributed by atoms with van der Waals surface area (Å²) in [6.45, 7) is 4.40. The van der Waals surface area contributed by atoms with E-state index in [1.807, 2.05) is 31.2 Å². The van der Waals surface area contributed by atoms with Gasteiger partial charge in [-0.05, 0) is 26.0 Å². The molecule has 1 atom stereocenters. The predicted molar refractivity (Wildman–Crippen MR) is 85.1 cm³/mol. The van der Waals surface area contributed by atoms with Crippen molar-refractivity contribution in [2.24, 2.45) is 0 Å². The van der Waals surface area contributed by atoms with Gasteiger partial charge in [0.15, 0.2) is 0 Å². The number of amides is 3. The van der Waals surface area contributed by atoms with Gasteiger partial charge in [0, 0.05) is 18.8 Å². The molecule has 0 bridgehead atoms.